The summed E-state index contributed by atoms with van der Waals surface area (Å²) in [5, 5.41) is 3.97. The van der Waals surface area contributed by atoms with Crippen LogP contribution in [0.15, 0.2) is 24.3 Å². The van der Waals surface area contributed by atoms with Crippen LogP contribution in [-0.2, 0) is 0 Å². The normalized spacial score (nSPS) is 24.6. The number of halogens is 1. The van der Waals surface area contributed by atoms with Gasteiger partial charge in [-0.25, -0.2) is 0 Å². The van der Waals surface area contributed by atoms with Gasteiger partial charge in [0.1, 0.15) is 11.9 Å². The summed E-state index contributed by atoms with van der Waals surface area (Å²) < 4.78 is 6.00. The minimum atomic E-state index is 0.339. The van der Waals surface area contributed by atoms with Gasteiger partial charge >= 0.3 is 0 Å². The van der Waals surface area contributed by atoms with Crippen molar-refractivity contribution >= 4 is 11.6 Å². The van der Waals surface area contributed by atoms with Gasteiger partial charge in [-0.1, -0.05) is 17.7 Å². The number of ether oxygens (including phenoxy) is 1. The van der Waals surface area contributed by atoms with Gasteiger partial charge in [0.05, 0.1) is 0 Å². The van der Waals surface area contributed by atoms with Crippen molar-refractivity contribution in [1.82, 2.24) is 5.32 Å². The molecule has 0 aliphatic heterocycles. The predicted octanol–water partition coefficient (Wildman–Crippen LogP) is 3.11. The maximum Gasteiger partial charge on any atom is 0.121 e. The molecule has 0 spiro atoms. The molecule has 1 N–H and O–H groups in total. The molecule has 2 atom stereocenters. The van der Waals surface area contributed by atoms with E-state index in [1.165, 1.54) is 12.8 Å². The molecule has 1 aromatic rings. The average molecular weight is 240 g/mol. The van der Waals surface area contributed by atoms with Crippen LogP contribution < -0.4 is 10.1 Å². The molecule has 0 saturated heterocycles. The van der Waals surface area contributed by atoms with Gasteiger partial charge in [-0.2, -0.15) is 0 Å². The van der Waals surface area contributed by atoms with Crippen molar-refractivity contribution < 1.29 is 4.74 Å². The van der Waals surface area contributed by atoms with Gasteiger partial charge in [-0.15, -0.1) is 0 Å². The largest absolute Gasteiger partial charge is 0.490 e. The molecular weight excluding hydrogens is 222 g/mol. The highest BCUT2D eigenvalue weighted by Gasteiger charge is 2.28. The quantitative estimate of drug-likeness (QED) is 0.872. The van der Waals surface area contributed by atoms with Crippen LogP contribution in [0.2, 0.25) is 5.02 Å². The number of hydrogen-bond acceptors (Lipinski definition) is 2. The molecule has 3 heteroatoms. The summed E-state index contributed by atoms with van der Waals surface area (Å²) in [4.78, 5) is 0. The smallest absolute Gasteiger partial charge is 0.121 e. The highest BCUT2D eigenvalue weighted by Crippen LogP contribution is 2.30. The fraction of sp³-hybridized carbons (Fsp3) is 0.538. The second kappa shape index (κ2) is 5.55. The second-order valence-electron chi connectivity index (χ2n) is 4.36. The minimum Gasteiger partial charge on any atom is -0.490 e. The molecule has 0 amide bonds. The standard InChI is InChI=1S/C13H18ClNO/c1-15-9-10-4-2-7-13(10)16-12-6-3-5-11(14)8-12/h3,5-6,8,10,13,15H,2,4,7,9H2,1H3. The van der Waals surface area contributed by atoms with Gasteiger partial charge < -0.3 is 10.1 Å². The number of benzene rings is 1. The van der Waals surface area contributed by atoms with E-state index in [-0.39, 0.29) is 0 Å². The lowest BCUT2D eigenvalue weighted by atomic mass is 10.1. The average Bonchev–Trinajstić information content (AvgIpc) is 2.66. The van der Waals surface area contributed by atoms with Gasteiger partial charge in [0.2, 0.25) is 0 Å². The lowest BCUT2D eigenvalue weighted by Gasteiger charge is -2.21. The third-order valence-corrected chi connectivity index (χ3v) is 3.37. The molecule has 16 heavy (non-hydrogen) atoms. The van der Waals surface area contributed by atoms with E-state index < -0.39 is 0 Å². The van der Waals surface area contributed by atoms with Crippen LogP contribution in [0.3, 0.4) is 0 Å². The van der Waals surface area contributed by atoms with Crippen LogP contribution in [0.1, 0.15) is 19.3 Å². The fourth-order valence-electron chi connectivity index (χ4n) is 2.37. The van der Waals surface area contributed by atoms with Crippen LogP contribution in [0.4, 0.5) is 0 Å². The Kier molecular flexibility index (Phi) is 4.08. The van der Waals surface area contributed by atoms with Gasteiger partial charge in [0, 0.05) is 17.5 Å². The molecule has 0 bridgehead atoms. The molecule has 1 saturated carbocycles. The van der Waals surface area contributed by atoms with Crippen molar-refractivity contribution in [3.05, 3.63) is 29.3 Å². The van der Waals surface area contributed by atoms with Crippen molar-refractivity contribution in [2.75, 3.05) is 13.6 Å². The first-order chi connectivity index (χ1) is 7.79. The first-order valence-electron chi connectivity index (χ1n) is 5.86. The van der Waals surface area contributed by atoms with Gasteiger partial charge in [-0.05, 0) is 44.5 Å². The molecule has 1 fully saturated rings. The van der Waals surface area contributed by atoms with Gasteiger partial charge in [0.25, 0.3) is 0 Å². The Morgan fingerprint density at radius 1 is 1.44 bits per heavy atom. The molecule has 2 unspecified atom stereocenters. The highest BCUT2D eigenvalue weighted by molar-refractivity contribution is 6.30. The zero-order valence-electron chi connectivity index (χ0n) is 9.58. The van der Waals surface area contributed by atoms with Crippen LogP contribution in [0.25, 0.3) is 0 Å². The maximum absolute atomic E-state index is 6.00. The summed E-state index contributed by atoms with van der Waals surface area (Å²) in [6, 6.07) is 7.66. The molecule has 2 nitrogen and oxygen atoms in total. The molecule has 0 heterocycles. The third-order valence-electron chi connectivity index (χ3n) is 3.14. The molecule has 0 radical (unpaired) electrons. The van der Waals surface area contributed by atoms with Crippen LogP contribution in [-0.4, -0.2) is 19.7 Å². The number of hydrogen-bond donors (Lipinski definition) is 1. The Bertz CT molecular complexity index is 342. The van der Waals surface area contributed by atoms with E-state index in [1.807, 2.05) is 31.3 Å². The molecule has 1 aromatic carbocycles. The van der Waals surface area contributed by atoms with E-state index >= 15 is 0 Å². The first-order valence-corrected chi connectivity index (χ1v) is 6.24. The molecule has 88 valence electrons. The van der Waals surface area contributed by atoms with E-state index in [9.17, 15) is 0 Å². The predicted molar refractivity (Wildman–Crippen MR) is 67.1 cm³/mol. The Balaban J connectivity index is 1.98. The van der Waals surface area contributed by atoms with Crippen molar-refractivity contribution in [2.24, 2.45) is 5.92 Å². The first kappa shape index (κ1) is 11.7. The van der Waals surface area contributed by atoms with E-state index in [1.54, 1.807) is 0 Å². The molecule has 2 rings (SSSR count). The van der Waals surface area contributed by atoms with E-state index in [4.69, 9.17) is 16.3 Å². The summed E-state index contributed by atoms with van der Waals surface area (Å²) >= 11 is 5.94. The second-order valence-corrected chi connectivity index (χ2v) is 4.80. The van der Waals surface area contributed by atoms with Gasteiger partial charge in [0.15, 0.2) is 0 Å². The number of nitrogens with one attached hydrogen (secondary N) is 1. The topological polar surface area (TPSA) is 21.3 Å². The summed E-state index contributed by atoms with van der Waals surface area (Å²) in [7, 11) is 1.99. The zero-order valence-corrected chi connectivity index (χ0v) is 10.3. The van der Waals surface area contributed by atoms with Crippen LogP contribution >= 0.6 is 11.6 Å². The third kappa shape index (κ3) is 2.89. The van der Waals surface area contributed by atoms with Crippen molar-refractivity contribution in [3.8, 4) is 5.75 Å². The summed E-state index contributed by atoms with van der Waals surface area (Å²) in [6.07, 6.45) is 4.01. The minimum absolute atomic E-state index is 0.339. The van der Waals surface area contributed by atoms with Crippen molar-refractivity contribution in [2.45, 2.75) is 25.4 Å². The Labute approximate surface area is 102 Å². The fourth-order valence-corrected chi connectivity index (χ4v) is 2.55. The van der Waals surface area contributed by atoms with Crippen LogP contribution in [0.5, 0.6) is 5.75 Å². The maximum atomic E-state index is 6.00. The number of rotatable bonds is 4. The summed E-state index contributed by atoms with van der Waals surface area (Å²) in [5.41, 5.74) is 0. The van der Waals surface area contributed by atoms with E-state index in [0.717, 1.165) is 23.7 Å². The lowest BCUT2D eigenvalue weighted by molar-refractivity contribution is 0.158. The molecule has 1 aliphatic carbocycles. The van der Waals surface area contributed by atoms with E-state index in [2.05, 4.69) is 5.32 Å². The van der Waals surface area contributed by atoms with Crippen LogP contribution in [0, 0.1) is 5.92 Å². The molecular formula is C13H18ClNO. The lowest BCUT2D eigenvalue weighted by Crippen LogP contribution is -2.29. The Hall–Kier alpha value is -0.730. The summed E-state index contributed by atoms with van der Waals surface area (Å²) in [6.45, 7) is 1.03. The van der Waals surface area contributed by atoms with E-state index in [0.29, 0.717) is 12.0 Å². The van der Waals surface area contributed by atoms with Gasteiger partial charge in [-0.3, -0.25) is 0 Å². The highest BCUT2D eigenvalue weighted by atomic mass is 35.5. The summed E-state index contributed by atoms with van der Waals surface area (Å²) in [5.74, 6) is 1.52. The molecule has 0 aromatic heterocycles. The zero-order chi connectivity index (χ0) is 11.4. The van der Waals surface area contributed by atoms with Crippen molar-refractivity contribution in [1.29, 1.82) is 0 Å². The Morgan fingerprint density at radius 3 is 3.06 bits per heavy atom. The monoisotopic (exact) mass is 239 g/mol. The van der Waals surface area contributed by atoms with Crippen molar-refractivity contribution in [3.63, 3.8) is 0 Å². The molecule has 1 aliphatic rings. The Morgan fingerprint density at radius 2 is 2.31 bits per heavy atom. The SMILES string of the molecule is CNCC1CCCC1Oc1cccc(Cl)c1.